The second-order valence-electron chi connectivity index (χ2n) is 5.46. The van der Waals surface area contributed by atoms with Gasteiger partial charge in [0.25, 0.3) is 5.91 Å². The van der Waals surface area contributed by atoms with Gasteiger partial charge >= 0.3 is 12.1 Å². The minimum atomic E-state index is -4.24. The smallest absolute Gasteiger partial charge is 0.391 e. The highest BCUT2D eigenvalue weighted by Gasteiger charge is 2.42. The number of carboxylic acid groups (broad SMARTS) is 1. The molecule has 2 N–H and O–H groups in total. The fourth-order valence-electron chi connectivity index (χ4n) is 2.68. The van der Waals surface area contributed by atoms with Crippen LogP contribution in [0.5, 0.6) is 0 Å². The molecule has 0 aromatic heterocycles. The van der Waals surface area contributed by atoms with Gasteiger partial charge in [-0.25, -0.2) is 4.79 Å². The van der Waals surface area contributed by atoms with Crippen molar-refractivity contribution in [2.45, 2.75) is 37.9 Å². The van der Waals surface area contributed by atoms with Crippen LogP contribution in [-0.2, 0) is 0 Å². The van der Waals surface area contributed by atoms with Crippen LogP contribution in [-0.4, -0.2) is 29.2 Å². The number of carbonyl (C=O) groups excluding carboxylic acids is 1. The van der Waals surface area contributed by atoms with Crippen molar-refractivity contribution in [3.8, 4) is 0 Å². The zero-order valence-corrected chi connectivity index (χ0v) is 11.7. The van der Waals surface area contributed by atoms with E-state index < -0.39 is 30.0 Å². The molecule has 1 saturated carbocycles. The van der Waals surface area contributed by atoms with E-state index in [1.165, 1.54) is 24.3 Å². The molecule has 22 heavy (non-hydrogen) atoms. The molecular formula is C15H16F3NO3. The zero-order chi connectivity index (χ0) is 16.3. The van der Waals surface area contributed by atoms with Crippen LogP contribution in [0, 0.1) is 5.92 Å². The molecule has 1 aliphatic rings. The summed E-state index contributed by atoms with van der Waals surface area (Å²) in [4.78, 5) is 22.9. The summed E-state index contributed by atoms with van der Waals surface area (Å²) in [6.07, 6.45) is -3.38. The Morgan fingerprint density at radius 1 is 1.18 bits per heavy atom. The fraction of sp³-hybridized carbons (Fsp3) is 0.467. The Morgan fingerprint density at radius 3 is 2.50 bits per heavy atom. The fourth-order valence-corrected chi connectivity index (χ4v) is 2.68. The van der Waals surface area contributed by atoms with Gasteiger partial charge in [-0.1, -0.05) is 12.5 Å². The van der Waals surface area contributed by atoms with Crippen LogP contribution in [0.2, 0.25) is 0 Å². The Hall–Kier alpha value is -2.05. The Kier molecular flexibility index (Phi) is 4.73. The third-order valence-electron chi connectivity index (χ3n) is 3.84. The van der Waals surface area contributed by atoms with Gasteiger partial charge in [-0.05, 0) is 37.5 Å². The number of hydrogen-bond acceptors (Lipinski definition) is 2. The standard InChI is InChI=1S/C15H16F3NO3/c16-15(17,18)11-5-2-6-12(8-11)19-13(20)9-3-1-4-10(7-9)14(21)22/h1,3-4,7,11-12H,2,5-6,8H2,(H,19,20)(H,21,22). The summed E-state index contributed by atoms with van der Waals surface area (Å²) in [6, 6.07) is 4.88. The van der Waals surface area contributed by atoms with Gasteiger partial charge in [0.1, 0.15) is 0 Å². The van der Waals surface area contributed by atoms with Crippen LogP contribution in [0.25, 0.3) is 0 Å². The summed E-state index contributed by atoms with van der Waals surface area (Å²) >= 11 is 0. The predicted octanol–water partition coefficient (Wildman–Crippen LogP) is 3.24. The zero-order valence-electron chi connectivity index (χ0n) is 11.7. The van der Waals surface area contributed by atoms with Crippen LogP contribution < -0.4 is 5.32 Å². The molecule has 1 fully saturated rings. The monoisotopic (exact) mass is 315 g/mol. The van der Waals surface area contributed by atoms with Crippen molar-refractivity contribution in [2.24, 2.45) is 5.92 Å². The molecule has 0 radical (unpaired) electrons. The topological polar surface area (TPSA) is 66.4 Å². The van der Waals surface area contributed by atoms with E-state index in [4.69, 9.17) is 5.11 Å². The lowest BCUT2D eigenvalue weighted by molar-refractivity contribution is -0.183. The normalized spacial score (nSPS) is 22.1. The molecule has 1 amide bonds. The summed E-state index contributed by atoms with van der Waals surface area (Å²) in [5.74, 6) is -3.10. The number of nitrogens with one attached hydrogen (secondary N) is 1. The van der Waals surface area contributed by atoms with E-state index in [1.54, 1.807) is 0 Å². The highest BCUT2D eigenvalue weighted by Crippen LogP contribution is 2.37. The maximum atomic E-state index is 12.7. The summed E-state index contributed by atoms with van der Waals surface area (Å²) < 4.78 is 38.2. The average Bonchev–Trinajstić information content (AvgIpc) is 2.46. The summed E-state index contributed by atoms with van der Waals surface area (Å²) in [6.45, 7) is 0. The van der Waals surface area contributed by atoms with Crippen molar-refractivity contribution in [2.75, 3.05) is 0 Å². The molecule has 1 aliphatic carbocycles. The van der Waals surface area contributed by atoms with E-state index in [-0.39, 0.29) is 24.0 Å². The maximum Gasteiger partial charge on any atom is 0.391 e. The number of hydrogen-bond donors (Lipinski definition) is 2. The van der Waals surface area contributed by atoms with Crippen molar-refractivity contribution in [3.05, 3.63) is 35.4 Å². The van der Waals surface area contributed by atoms with Crippen LogP contribution in [0.1, 0.15) is 46.4 Å². The van der Waals surface area contributed by atoms with Crippen molar-refractivity contribution >= 4 is 11.9 Å². The molecule has 2 rings (SSSR count). The number of halogens is 3. The molecule has 1 aromatic carbocycles. The Bertz CT molecular complexity index is 571. The van der Waals surface area contributed by atoms with Gasteiger partial charge in [0.05, 0.1) is 11.5 Å². The minimum Gasteiger partial charge on any atom is -0.478 e. The average molecular weight is 315 g/mol. The number of amides is 1. The molecule has 0 heterocycles. The van der Waals surface area contributed by atoms with Crippen molar-refractivity contribution in [3.63, 3.8) is 0 Å². The number of benzene rings is 1. The molecule has 7 heteroatoms. The highest BCUT2D eigenvalue weighted by atomic mass is 19.4. The molecular weight excluding hydrogens is 299 g/mol. The summed E-state index contributed by atoms with van der Waals surface area (Å²) in [5.41, 5.74) is 0.0958. The van der Waals surface area contributed by atoms with E-state index in [2.05, 4.69) is 5.32 Å². The lowest BCUT2D eigenvalue weighted by atomic mass is 9.85. The second kappa shape index (κ2) is 6.37. The summed E-state index contributed by atoms with van der Waals surface area (Å²) in [7, 11) is 0. The number of carbonyl (C=O) groups is 2. The number of carboxylic acids is 1. The first-order valence-electron chi connectivity index (χ1n) is 6.98. The van der Waals surface area contributed by atoms with Crippen LogP contribution >= 0.6 is 0 Å². The van der Waals surface area contributed by atoms with Gasteiger partial charge in [0.2, 0.25) is 0 Å². The second-order valence-corrected chi connectivity index (χ2v) is 5.46. The third kappa shape index (κ3) is 3.99. The molecule has 0 saturated heterocycles. The minimum absolute atomic E-state index is 0.0375. The lowest BCUT2D eigenvalue weighted by Gasteiger charge is -2.31. The van der Waals surface area contributed by atoms with Gasteiger partial charge in [0.15, 0.2) is 0 Å². The summed E-state index contributed by atoms with van der Waals surface area (Å²) in [5, 5.41) is 11.5. The first kappa shape index (κ1) is 16.3. The first-order chi connectivity index (χ1) is 10.3. The molecule has 0 spiro atoms. The maximum absolute atomic E-state index is 12.7. The van der Waals surface area contributed by atoms with Crippen molar-refractivity contribution < 1.29 is 27.9 Å². The van der Waals surface area contributed by atoms with Crippen LogP contribution in [0.4, 0.5) is 13.2 Å². The van der Waals surface area contributed by atoms with E-state index in [1.807, 2.05) is 0 Å². The van der Waals surface area contributed by atoms with Crippen molar-refractivity contribution in [1.82, 2.24) is 5.32 Å². The Balaban J connectivity index is 2.02. The first-order valence-corrected chi connectivity index (χ1v) is 6.98. The van der Waals surface area contributed by atoms with Gasteiger partial charge in [-0.2, -0.15) is 13.2 Å². The van der Waals surface area contributed by atoms with E-state index in [0.29, 0.717) is 12.8 Å². The Labute approximate surface area is 125 Å². The van der Waals surface area contributed by atoms with Gasteiger partial charge in [-0.15, -0.1) is 0 Å². The number of aromatic carboxylic acids is 1. The molecule has 4 nitrogen and oxygen atoms in total. The quantitative estimate of drug-likeness (QED) is 0.900. The van der Waals surface area contributed by atoms with Gasteiger partial charge in [-0.3, -0.25) is 4.79 Å². The molecule has 2 atom stereocenters. The SMILES string of the molecule is O=C(O)c1cccc(C(=O)NC2CCCC(C(F)(F)F)C2)c1. The van der Waals surface area contributed by atoms with E-state index in [9.17, 15) is 22.8 Å². The van der Waals surface area contributed by atoms with Gasteiger partial charge < -0.3 is 10.4 Å². The van der Waals surface area contributed by atoms with E-state index in [0.717, 1.165) is 0 Å². The van der Waals surface area contributed by atoms with Crippen LogP contribution in [0.3, 0.4) is 0 Å². The predicted molar refractivity (Wildman–Crippen MR) is 72.7 cm³/mol. The third-order valence-corrected chi connectivity index (χ3v) is 3.84. The number of alkyl halides is 3. The Morgan fingerprint density at radius 2 is 1.86 bits per heavy atom. The van der Waals surface area contributed by atoms with Crippen LogP contribution in [0.15, 0.2) is 24.3 Å². The van der Waals surface area contributed by atoms with Crippen molar-refractivity contribution in [1.29, 1.82) is 0 Å². The van der Waals surface area contributed by atoms with E-state index >= 15 is 0 Å². The van der Waals surface area contributed by atoms with Gasteiger partial charge in [0, 0.05) is 11.6 Å². The number of rotatable bonds is 3. The lowest BCUT2D eigenvalue weighted by Crippen LogP contribution is -2.41. The highest BCUT2D eigenvalue weighted by molar-refractivity contribution is 5.97. The molecule has 2 unspecified atom stereocenters. The molecule has 0 aliphatic heterocycles. The molecule has 1 aromatic rings. The molecule has 120 valence electrons. The molecule has 0 bridgehead atoms. The largest absolute Gasteiger partial charge is 0.478 e.